The van der Waals surface area contributed by atoms with Gasteiger partial charge in [-0.3, -0.25) is 19.3 Å². The fourth-order valence-corrected chi connectivity index (χ4v) is 3.63. The van der Waals surface area contributed by atoms with E-state index in [1.807, 2.05) is 12.3 Å². The molecule has 1 aliphatic heterocycles. The zero-order valence-electron chi connectivity index (χ0n) is 16.7. The zero-order valence-corrected chi connectivity index (χ0v) is 17.5. The normalized spacial score (nSPS) is 13.4. The third-order valence-electron chi connectivity index (χ3n) is 4.63. The molecule has 0 fully saturated rings. The fraction of sp³-hybridized carbons (Fsp3) is 0.227. The van der Waals surface area contributed by atoms with E-state index in [1.165, 1.54) is 30.0 Å². The number of nitrogens with zero attached hydrogens (tertiary/aromatic N) is 2. The van der Waals surface area contributed by atoms with Crippen LogP contribution < -0.4 is 5.32 Å². The van der Waals surface area contributed by atoms with Crippen LogP contribution in [-0.2, 0) is 14.3 Å². The summed E-state index contributed by atoms with van der Waals surface area (Å²) in [6, 6.07) is 13.5. The van der Waals surface area contributed by atoms with Gasteiger partial charge in [-0.15, -0.1) is 0 Å². The Bertz CT molecular complexity index is 1040. The van der Waals surface area contributed by atoms with Crippen LogP contribution in [-0.4, -0.2) is 53.2 Å². The van der Waals surface area contributed by atoms with Gasteiger partial charge in [0.25, 0.3) is 17.7 Å². The molecule has 0 spiro atoms. The second kappa shape index (κ2) is 9.91. The highest BCUT2D eigenvalue weighted by atomic mass is 32.2. The molecule has 1 atom stereocenters. The van der Waals surface area contributed by atoms with Crippen molar-refractivity contribution in [2.24, 2.45) is 0 Å². The van der Waals surface area contributed by atoms with E-state index in [0.29, 0.717) is 17.0 Å². The lowest BCUT2D eigenvalue weighted by molar-refractivity contribution is -0.151. The van der Waals surface area contributed by atoms with E-state index < -0.39 is 36.3 Å². The number of rotatable bonds is 8. The summed E-state index contributed by atoms with van der Waals surface area (Å²) in [4.78, 5) is 51.3. The summed E-state index contributed by atoms with van der Waals surface area (Å²) in [5.74, 6) is -2.03. The lowest BCUT2D eigenvalue weighted by atomic mass is 10.1. The summed E-state index contributed by atoms with van der Waals surface area (Å²) in [5.41, 5.74) is 1.24. The molecule has 31 heavy (non-hydrogen) atoms. The predicted molar refractivity (Wildman–Crippen MR) is 114 cm³/mol. The molecule has 158 valence electrons. The molecule has 0 unspecified atom stereocenters. The van der Waals surface area contributed by atoms with Gasteiger partial charge in [0.2, 0.25) is 0 Å². The summed E-state index contributed by atoms with van der Waals surface area (Å²) in [6.45, 7) is -0.589. The van der Waals surface area contributed by atoms with E-state index in [9.17, 15) is 19.2 Å². The third kappa shape index (κ3) is 4.92. The van der Waals surface area contributed by atoms with Crippen molar-refractivity contribution in [3.63, 3.8) is 0 Å². The van der Waals surface area contributed by atoms with Crippen molar-refractivity contribution in [2.75, 3.05) is 23.9 Å². The molecular weight excluding hydrogens is 418 g/mol. The SMILES string of the molecule is CSCC[C@@H](C(=O)OCC(=O)Nc1cccc(C#N)c1)N1C(=O)c2ccccc2C1=O. The Hall–Kier alpha value is -3.64. The number of carbonyl (C=O) groups is 4. The molecule has 2 aromatic carbocycles. The number of imide groups is 1. The van der Waals surface area contributed by atoms with Gasteiger partial charge in [0.15, 0.2) is 6.61 Å². The molecule has 0 bridgehead atoms. The number of ether oxygens (including phenoxy) is 1. The van der Waals surface area contributed by atoms with Crippen LogP contribution in [0.2, 0.25) is 0 Å². The Balaban J connectivity index is 1.68. The highest BCUT2D eigenvalue weighted by Gasteiger charge is 2.43. The molecule has 1 N–H and O–H groups in total. The molecule has 0 aromatic heterocycles. The van der Waals surface area contributed by atoms with Crippen molar-refractivity contribution in [1.82, 2.24) is 4.90 Å². The third-order valence-corrected chi connectivity index (χ3v) is 5.27. The number of benzene rings is 2. The number of carbonyl (C=O) groups excluding carboxylic acids is 4. The first kappa shape index (κ1) is 22.1. The van der Waals surface area contributed by atoms with Crippen LogP contribution >= 0.6 is 11.8 Å². The lowest BCUT2D eigenvalue weighted by Gasteiger charge is -2.24. The monoisotopic (exact) mass is 437 g/mol. The van der Waals surface area contributed by atoms with Gasteiger partial charge in [-0.25, -0.2) is 4.79 Å². The van der Waals surface area contributed by atoms with Crippen molar-refractivity contribution in [3.8, 4) is 6.07 Å². The number of nitriles is 1. The summed E-state index contributed by atoms with van der Waals surface area (Å²) < 4.78 is 5.13. The highest BCUT2D eigenvalue weighted by Crippen LogP contribution is 2.26. The molecule has 0 radical (unpaired) electrons. The van der Waals surface area contributed by atoms with Crippen LogP contribution in [0, 0.1) is 11.3 Å². The molecule has 0 saturated carbocycles. The standard InChI is InChI=1S/C22H19N3O5S/c1-31-10-9-18(25-20(27)16-7-2-3-8-17(16)21(25)28)22(29)30-13-19(26)24-15-6-4-5-14(11-15)12-23/h2-8,11,18H,9-10,13H2,1H3,(H,24,26)/t18-/m0/s1. The van der Waals surface area contributed by atoms with Crippen LogP contribution in [0.5, 0.6) is 0 Å². The van der Waals surface area contributed by atoms with Gasteiger partial charge < -0.3 is 10.1 Å². The quantitative estimate of drug-likeness (QED) is 0.498. The maximum atomic E-state index is 12.7. The largest absolute Gasteiger partial charge is 0.454 e. The van der Waals surface area contributed by atoms with E-state index in [0.717, 1.165) is 4.90 Å². The molecule has 0 saturated heterocycles. The average molecular weight is 437 g/mol. The smallest absolute Gasteiger partial charge is 0.329 e. The molecule has 3 rings (SSSR count). The van der Waals surface area contributed by atoms with Gasteiger partial charge in [-0.05, 0) is 48.8 Å². The van der Waals surface area contributed by atoms with Crippen molar-refractivity contribution in [1.29, 1.82) is 5.26 Å². The number of fused-ring (bicyclic) bond motifs is 1. The number of esters is 1. The van der Waals surface area contributed by atoms with Gasteiger partial charge in [-0.1, -0.05) is 18.2 Å². The minimum absolute atomic E-state index is 0.206. The second-order valence-electron chi connectivity index (χ2n) is 6.67. The maximum absolute atomic E-state index is 12.7. The van der Waals surface area contributed by atoms with E-state index in [2.05, 4.69) is 5.32 Å². The van der Waals surface area contributed by atoms with Crippen molar-refractivity contribution < 1.29 is 23.9 Å². The number of hydrogen-bond acceptors (Lipinski definition) is 7. The van der Waals surface area contributed by atoms with Crippen LogP contribution in [0.4, 0.5) is 5.69 Å². The summed E-state index contributed by atoms with van der Waals surface area (Å²) in [6.07, 6.45) is 2.05. The van der Waals surface area contributed by atoms with Gasteiger partial charge in [0, 0.05) is 5.69 Å². The zero-order chi connectivity index (χ0) is 22.4. The van der Waals surface area contributed by atoms with E-state index >= 15 is 0 Å². The molecule has 2 aromatic rings. The van der Waals surface area contributed by atoms with Gasteiger partial charge in [0.05, 0.1) is 22.8 Å². The molecular formula is C22H19N3O5S. The van der Waals surface area contributed by atoms with Crippen molar-refractivity contribution in [2.45, 2.75) is 12.5 Å². The van der Waals surface area contributed by atoms with Crippen molar-refractivity contribution >= 4 is 41.1 Å². The Morgan fingerprint density at radius 2 is 1.81 bits per heavy atom. The van der Waals surface area contributed by atoms with E-state index in [4.69, 9.17) is 10.00 Å². The Morgan fingerprint density at radius 1 is 1.13 bits per heavy atom. The van der Waals surface area contributed by atoms with Crippen LogP contribution in [0.15, 0.2) is 48.5 Å². The summed E-state index contributed by atoms with van der Waals surface area (Å²) in [7, 11) is 0. The highest BCUT2D eigenvalue weighted by molar-refractivity contribution is 7.98. The Kier molecular flexibility index (Phi) is 7.05. The fourth-order valence-electron chi connectivity index (χ4n) is 3.17. The Labute approximate surface area is 183 Å². The summed E-state index contributed by atoms with van der Waals surface area (Å²) in [5, 5.41) is 11.5. The van der Waals surface area contributed by atoms with Gasteiger partial charge in [-0.2, -0.15) is 17.0 Å². The molecule has 1 heterocycles. The lowest BCUT2D eigenvalue weighted by Crippen LogP contribution is -2.46. The first-order valence-corrected chi connectivity index (χ1v) is 10.8. The average Bonchev–Trinajstić information content (AvgIpc) is 3.03. The van der Waals surface area contributed by atoms with Crippen LogP contribution in [0.1, 0.15) is 32.7 Å². The number of nitrogens with one attached hydrogen (secondary N) is 1. The molecule has 8 nitrogen and oxygen atoms in total. The maximum Gasteiger partial charge on any atom is 0.329 e. The number of thioether (sulfide) groups is 1. The predicted octanol–water partition coefficient (Wildman–Crippen LogP) is 2.46. The molecule has 1 aliphatic rings. The molecule has 3 amide bonds. The van der Waals surface area contributed by atoms with Crippen LogP contribution in [0.3, 0.4) is 0 Å². The minimum Gasteiger partial charge on any atom is -0.454 e. The number of amides is 3. The molecule has 0 aliphatic carbocycles. The topological polar surface area (TPSA) is 117 Å². The minimum atomic E-state index is -1.13. The Morgan fingerprint density at radius 3 is 2.42 bits per heavy atom. The van der Waals surface area contributed by atoms with Crippen molar-refractivity contribution in [3.05, 3.63) is 65.2 Å². The summed E-state index contributed by atoms with van der Waals surface area (Å²) >= 11 is 1.46. The van der Waals surface area contributed by atoms with Gasteiger partial charge >= 0.3 is 5.97 Å². The number of anilines is 1. The van der Waals surface area contributed by atoms with Gasteiger partial charge in [0.1, 0.15) is 6.04 Å². The number of hydrogen-bond donors (Lipinski definition) is 1. The molecule has 9 heteroatoms. The first-order valence-electron chi connectivity index (χ1n) is 9.38. The van der Waals surface area contributed by atoms with E-state index in [-0.39, 0.29) is 17.5 Å². The second-order valence-corrected chi connectivity index (χ2v) is 7.66. The van der Waals surface area contributed by atoms with Crippen LogP contribution in [0.25, 0.3) is 0 Å². The van der Waals surface area contributed by atoms with E-state index in [1.54, 1.807) is 30.3 Å². The first-order chi connectivity index (χ1) is 15.0.